The summed E-state index contributed by atoms with van der Waals surface area (Å²) >= 11 is 0.964. The van der Waals surface area contributed by atoms with Gasteiger partial charge in [-0.05, 0) is 12.1 Å². The van der Waals surface area contributed by atoms with Crippen LogP contribution in [0.5, 0.6) is 0 Å². The van der Waals surface area contributed by atoms with Gasteiger partial charge in [0.15, 0.2) is 5.13 Å². The molecule has 3 aromatic rings. The molecule has 0 aliphatic rings. The number of amides is 1. The van der Waals surface area contributed by atoms with E-state index in [0.717, 1.165) is 11.3 Å². The molecule has 122 valence electrons. The molecule has 2 aromatic heterocycles. The smallest absolute Gasteiger partial charge is 0.349 e. The number of aromatic nitrogens is 2. The molecule has 0 atom stereocenters. The molecule has 0 aliphatic carbocycles. The maximum absolute atomic E-state index is 13.2. The van der Waals surface area contributed by atoms with E-state index >= 15 is 0 Å². The number of ether oxygens (including phenoxy) is 1. The Hall–Kier alpha value is -3.07. The third-order valence-corrected chi connectivity index (χ3v) is 3.86. The predicted octanol–water partition coefficient (Wildman–Crippen LogP) is 2.98. The molecule has 2 heterocycles. The van der Waals surface area contributed by atoms with Gasteiger partial charge in [0.05, 0.1) is 13.3 Å². The first-order valence-corrected chi connectivity index (χ1v) is 7.46. The van der Waals surface area contributed by atoms with E-state index in [-0.39, 0.29) is 15.8 Å². The van der Waals surface area contributed by atoms with Crippen molar-refractivity contribution in [2.24, 2.45) is 0 Å². The third kappa shape index (κ3) is 3.30. The Morgan fingerprint density at radius 2 is 2.17 bits per heavy atom. The van der Waals surface area contributed by atoms with Gasteiger partial charge >= 0.3 is 5.97 Å². The quantitative estimate of drug-likeness (QED) is 0.729. The minimum atomic E-state index is -0.587. The largest absolute Gasteiger partial charge is 0.465 e. The van der Waals surface area contributed by atoms with E-state index in [1.807, 2.05) is 0 Å². The molecule has 0 radical (unpaired) electrons. The number of carbonyl (C=O) groups excluding carboxylic acids is 2. The van der Waals surface area contributed by atoms with E-state index < -0.39 is 17.7 Å². The molecule has 0 bridgehead atoms. The highest BCUT2D eigenvalue weighted by Crippen LogP contribution is 2.22. The van der Waals surface area contributed by atoms with E-state index in [9.17, 15) is 14.0 Å². The lowest BCUT2D eigenvalue weighted by atomic mass is 10.1. The van der Waals surface area contributed by atoms with E-state index in [1.165, 1.54) is 37.6 Å². The number of hydrogen-bond acceptors (Lipinski definition) is 7. The number of rotatable bonds is 4. The van der Waals surface area contributed by atoms with Crippen LogP contribution in [-0.4, -0.2) is 29.1 Å². The van der Waals surface area contributed by atoms with Crippen molar-refractivity contribution in [3.8, 4) is 11.3 Å². The van der Waals surface area contributed by atoms with Crippen molar-refractivity contribution in [1.29, 1.82) is 0 Å². The summed E-state index contributed by atoms with van der Waals surface area (Å²) < 4.78 is 22.8. The molecule has 24 heavy (non-hydrogen) atoms. The van der Waals surface area contributed by atoms with E-state index in [4.69, 9.17) is 4.52 Å². The van der Waals surface area contributed by atoms with Crippen LogP contribution in [0.3, 0.4) is 0 Å². The SMILES string of the molecule is COC(=O)c1cnc(NC(=O)c2cc(-c3cccc(F)c3)no2)s1. The zero-order valence-corrected chi connectivity index (χ0v) is 13.1. The maximum atomic E-state index is 13.2. The average molecular weight is 347 g/mol. The number of carbonyl (C=O) groups is 2. The van der Waals surface area contributed by atoms with Gasteiger partial charge < -0.3 is 9.26 Å². The number of esters is 1. The van der Waals surface area contributed by atoms with Crippen LogP contribution >= 0.6 is 11.3 Å². The molecule has 1 aromatic carbocycles. The Kier molecular flexibility index (Phi) is 4.34. The number of anilines is 1. The summed E-state index contributed by atoms with van der Waals surface area (Å²) in [6.07, 6.45) is 1.30. The molecule has 1 N–H and O–H groups in total. The van der Waals surface area contributed by atoms with Crippen LogP contribution in [0.25, 0.3) is 11.3 Å². The highest BCUT2D eigenvalue weighted by Gasteiger charge is 2.17. The molecular weight excluding hydrogens is 337 g/mol. The summed E-state index contributed by atoms with van der Waals surface area (Å²) in [7, 11) is 1.25. The average Bonchev–Trinajstić information content (AvgIpc) is 3.23. The molecule has 0 unspecified atom stereocenters. The second-order valence-corrected chi connectivity index (χ2v) is 5.59. The van der Waals surface area contributed by atoms with Crippen LogP contribution in [0.1, 0.15) is 20.2 Å². The molecule has 9 heteroatoms. The lowest BCUT2D eigenvalue weighted by Gasteiger charge is -1.96. The summed E-state index contributed by atoms with van der Waals surface area (Å²) in [5.74, 6) is -1.61. The van der Waals surface area contributed by atoms with Crippen molar-refractivity contribution in [2.75, 3.05) is 12.4 Å². The number of halogens is 1. The fourth-order valence-corrected chi connectivity index (χ4v) is 2.58. The first-order valence-electron chi connectivity index (χ1n) is 6.65. The molecule has 1 amide bonds. The van der Waals surface area contributed by atoms with Crippen LogP contribution in [0, 0.1) is 5.82 Å². The van der Waals surface area contributed by atoms with Gasteiger partial charge in [-0.3, -0.25) is 10.1 Å². The van der Waals surface area contributed by atoms with Gasteiger partial charge in [0, 0.05) is 11.6 Å². The fraction of sp³-hybridized carbons (Fsp3) is 0.0667. The molecule has 3 rings (SSSR count). The van der Waals surface area contributed by atoms with E-state index in [0.29, 0.717) is 11.3 Å². The zero-order valence-electron chi connectivity index (χ0n) is 12.3. The highest BCUT2D eigenvalue weighted by molar-refractivity contribution is 7.17. The summed E-state index contributed by atoms with van der Waals surface area (Å²) in [6.45, 7) is 0. The van der Waals surface area contributed by atoms with Crippen LogP contribution in [0.4, 0.5) is 9.52 Å². The topological polar surface area (TPSA) is 94.3 Å². The van der Waals surface area contributed by atoms with Crippen LogP contribution < -0.4 is 5.32 Å². The Morgan fingerprint density at radius 3 is 2.92 bits per heavy atom. The number of hydrogen-bond donors (Lipinski definition) is 1. The minimum absolute atomic E-state index is 0.0657. The summed E-state index contributed by atoms with van der Waals surface area (Å²) in [5.41, 5.74) is 0.814. The van der Waals surface area contributed by atoms with Crippen molar-refractivity contribution < 1.29 is 23.2 Å². The summed E-state index contributed by atoms with van der Waals surface area (Å²) in [4.78, 5) is 27.6. The highest BCUT2D eigenvalue weighted by atomic mass is 32.1. The zero-order chi connectivity index (χ0) is 17.1. The minimum Gasteiger partial charge on any atom is -0.465 e. The molecule has 0 aliphatic heterocycles. The monoisotopic (exact) mass is 347 g/mol. The van der Waals surface area contributed by atoms with Crippen molar-refractivity contribution in [2.45, 2.75) is 0 Å². The second-order valence-electron chi connectivity index (χ2n) is 4.56. The summed E-state index contributed by atoms with van der Waals surface area (Å²) in [6, 6.07) is 7.15. The standard InChI is InChI=1S/C15H10FN3O4S/c1-22-14(21)12-7-17-15(24-12)18-13(20)11-6-10(19-23-11)8-3-2-4-9(16)5-8/h2-7H,1H3,(H,17,18,20). The maximum Gasteiger partial charge on any atom is 0.349 e. The Labute approximate surface area is 139 Å². The lowest BCUT2D eigenvalue weighted by Crippen LogP contribution is -2.10. The van der Waals surface area contributed by atoms with E-state index in [1.54, 1.807) is 6.07 Å². The fourth-order valence-electron chi connectivity index (χ4n) is 1.85. The Bertz CT molecular complexity index is 906. The van der Waals surface area contributed by atoms with Gasteiger partial charge in [0.2, 0.25) is 5.76 Å². The van der Waals surface area contributed by atoms with Gasteiger partial charge in [-0.25, -0.2) is 14.2 Å². The van der Waals surface area contributed by atoms with Crippen LogP contribution in [0.15, 0.2) is 41.1 Å². The summed E-state index contributed by atoms with van der Waals surface area (Å²) in [5, 5.41) is 6.44. The number of methoxy groups -OCH3 is 1. The van der Waals surface area contributed by atoms with Crippen LogP contribution in [0.2, 0.25) is 0 Å². The number of thiazole rings is 1. The lowest BCUT2D eigenvalue weighted by molar-refractivity contribution is 0.0606. The van der Waals surface area contributed by atoms with Crippen molar-refractivity contribution in [1.82, 2.24) is 10.1 Å². The first-order chi connectivity index (χ1) is 11.6. The molecule has 0 saturated heterocycles. The molecule has 0 saturated carbocycles. The Morgan fingerprint density at radius 1 is 1.33 bits per heavy atom. The molecule has 0 spiro atoms. The van der Waals surface area contributed by atoms with Gasteiger partial charge in [0.25, 0.3) is 5.91 Å². The Balaban J connectivity index is 1.74. The first kappa shape index (κ1) is 15.8. The normalized spacial score (nSPS) is 10.4. The van der Waals surface area contributed by atoms with Crippen LogP contribution in [-0.2, 0) is 4.74 Å². The van der Waals surface area contributed by atoms with Gasteiger partial charge in [-0.15, -0.1) is 0 Å². The predicted molar refractivity (Wildman–Crippen MR) is 83.3 cm³/mol. The second kappa shape index (κ2) is 6.59. The molecule has 0 fully saturated rings. The van der Waals surface area contributed by atoms with Gasteiger partial charge in [0.1, 0.15) is 16.4 Å². The molecule has 7 nitrogen and oxygen atoms in total. The number of benzene rings is 1. The molecular formula is C15H10FN3O4S. The van der Waals surface area contributed by atoms with Gasteiger partial charge in [-0.1, -0.05) is 28.6 Å². The van der Waals surface area contributed by atoms with E-state index in [2.05, 4.69) is 20.2 Å². The number of nitrogens with zero attached hydrogens (tertiary/aromatic N) is 2. The number of nitrogens with one attached hydrogen (secondary N) is 1. The van der Waals surface area contributed by atoms with Gasteiger partial charge in [-0.2, -0.15) is 0 Å². The van der Waals surface area contributed by atoms with Crippen molar-refractivity contribution in [3.05, 3.63) is 53.0 Å². The van der Waals surface area contributed by atoms with Crippen molar-refractivity contribution in [3.63, 3.8) is 0 Å². The third-order valence-electron chi connectivity index (χ3n) is 2.97. The van der Waals surface area contributed by atoms with Crippen molar-refractivity contribution >= 4 is 28.3 Å².